The summed E-state index contributed by atoms with van der Waals surface area (Å²) in [5.74, 6) is 0. The lowest BCUT2D eigenvalue weighted by Crippen LogP contribution is -2.28. The van der Waals surface area contributed by atoms with Crippen molar-refractivity contribution < 1.29 is 0 Å². The van der Waals surface area contributed by atoms with Crippen molar-refractivity contribution in [2.45, 2.75) is 5.41 Å². The molecule has 69 heavy (non-hydrogen) atoms. The van der Waals surface area contributed by atoms with Crippen LogP contribution in [0.15, 0.2) is 279 Å². The predicted octanol–water partition coefficient (Wildman–Crippen LogP) is 18.1. The van der Waals surface area contributed by atoms with Gasteiger partial charge in [-0.15, -0.1) is 0 Å². The zero-order chi connectivity index (χ0) is 45.7. The molecule has 0 aromatic heterocycles. The Morgan fingerprint density at radius 3 is 1.35 bits per heavy atom. The van der Waals surface area contributed by atoms with Crippen molar-refractivity contribution in [3.05, 3.63) is 301 Å². The van der Waals surface area contributed by atoms with Gasteiger partial charge in [0.2, 0.25) is 0 Å². The van der Waals surface area contributed by atoms with Gasteiger partial charge >= 0.3 is 0 Å². The third kappa shape index (κ3) is 6.56. The minimum atomic E-state index is -0.518. The number of anilines is 6. The minimum Gasteiger partial charge on any atom is -0.310 e. The molecular weight excluding hydrogens is 833 g/mol. The first-order valence-corrected chi connectivity index (χ1v) is 23.8. The maximum absolute atomic E-state index is 2.46. The number of para-hydroxylation sites is 1. The van der Waals surface area contributed by atoms with Gasteiger partial charge < -0.3 is 9.80 Å². The quantitative estimate of drug-likeness (QED) is 0.143. The molecule has 0 unspecified atom stereocenters. The summed E-state index contributed by atoms with van der Waals surface area (Å²) in [6.07, 6.45) is 0. The summed E-state index contributed by atoms with van der Waals surface area (Å²) in [6.45, 7) is 0. The molecule has 1 aliphatic rings. The zero-order valence-corrected chi connectivity index (χ0v) is 38.0. The third-order valence-corrected chi connectivity index (χ3v) is 14.3. The summed E-state index contributed by atoms with van der Waals surface area (Å²) >= 11 is 0. The molecule has 0 N–H and O–H groups in total. The molecule has 0 bridgehead atoms. The van der Waals surface area contributed by atoms with Gasteiger partial charge in [0.1, 0.15) is 0 Å². The van der Waals surface area contributed by atoms with Crippen molar-refractivity contribution in [1.82, 2.24) is 0 Å². The first-order valence-electron chi connectivity index (χ1n) is 23.8. The van der Waals surface area contributed by atoms with Crippen LogP contribution in [-0.4, -0.2) is 0 Å². The van der Waals surface area contributed by atoms with Gasteiger partial charge in [-0.2, -0.15) is 0 Å². The normalized spacial score (nSPS) is 12.5. The van der Waals surface area contributed by atoms with Crippen LogP contribution in [0.2, 0.25) is 0 Å². The molecule has 0 heterocycles. The van der Waals surface area contributed by atoms with E-state index in [1.54, 1.807) is 0 Å². The average molecular weight is 879 g/mol. The molecule has 12 aromatic carbocycles. The molecule has 0 atom stereocenters. The van der Waals surface area contributed by atoms with Crippen LogP contribution in [0.3, 0.4) is 0 Å². The largest absolute Gasteiger partial charge is 0.310 e. The van der Waals surface area contributed by atoms with Crippen LogP contribution in [0.5, 0.6) is 0 Å². The number of benzene rings is 12. The lowest BCUT2D eigenvalue weighted by atomic mass is 9.67. The van der Waals surface area contributed by atoms with Gasteiger partial charge in [-0.1, -0.05) is 224 Å². The zero-order valence-electron chi connectivity index (χ0n) is 38.0. The summed E-state index contributed by atoms with van der Waals surface area (Å²) in [6, 6.07) is 102. The van der Waals surface area contributed by atoms with E-state index in [9.17, 15) is 0 Å². The summed E-state index contributed by atoms with van der Waals surface area (Å²) < 4.78 is 0. The maximum atomic E-state index is 2.46. The molecule has 0 radical (unpaired) electrons. The standard InChI is InChI=1S/C67H46N2/c1-4-24-50(25-5-1)67(51-26-6-2-7-27-51)62-35-17-16-33-59(62)60-43-42-54(46-63(60)67)68(64-36-18-22-47-20-10-12-30-56(47)64)53-40-38-49(39-41-53)55-44-45-66(61-34-15-14-32-58(55)61)69(52-28-8-3-9-29-52)65-37-19-23-48-21-11-13-31-57(48)65/h1-46H. The minimum absolute atomic E-state index is 0.518. The number of rotatable bonds is 9. The molecule has 324 valence electrons. The molecule has 0 spiro atoms. The first-order chi connectivity index (χ1) is 34.3. The van der Waals surface area contributed by atoms with E-state index in [-0.39, 0.29) is 0 Å². The lowest BCUT2D eigenvalue weighted by molar-refractivity contribution is 0.768. The second-order valence-corrected chi connectivity index (χ2v) is 18.0. The van der Waals surface area contributed by atoms with Crippen molar-refractivity contribution in [1.29, 1.82) is 0 Å². The highest BCUT2D eigenvalue weighted by molar-refractivity contribution is 6.09. The summed E-state index contributed by atoms with van der Waals surface area (Å²) in [5, 5.41) is 7.21. The number of fused-ring (bicyclic) bond motifs is 6. The highest BCUT2D eigenvalue weighted by atomic mass is 15.1. The third-order valence-electron chi connectivity index (χ3n) is 14.3. The van der Waals surface area contributed by atoms with E-state index in [2.05, 4.69) is 289 Å². The number of hydrogen-bond acceptors (Lipinski definition) is 2. The van der Waals surface area contributed by atoms with Gasteiger partial charge in [-0.25, -0.2) is 0 Å². The first kappa shape index (κ1) is 40.3. The Labute approximate surface area is 403 Å². The van der Waals surface area contributed by atoms with Crippen LogP contribution in [0.4, 0.5) is 34.1 Å². The summed E-state index contributed by atoms with van der Waals surface area (Å²) in [4.78, 5) is 4.87. The fourth-order valence-electron chi connectivity index (χ4n) is 11.3. The van der Waals surface area contributed by atoms with Crippen molar-refractivity contribution in [2.24, 2.45) is 0 Å². The summed E-state index contributed by atoms with van der Waals surface area (Å²) in [5.41, 5.74) is 16.2. The van der Waals surface area contributed by atoms with Gasteiger partial charge in [0, 0.05) is 33.2 Å². The SMILES string of the molecule is c1ccc(N(c2cccc3ccccc23)c2ccc(-c3ccc(N(c4ccc5c(c4)C(c4ccccc4)(c4ccccc4)c4ccccc4-5)c4cccc5ccccc45)cc3)c3ccccc23)cc1. The van der Waals surface area contributed by atoms with E-state index in [0.29, 0.717) is 0 Å². The highest BCUT2D eigenvalue weighted by Gasteiger charge is 2.46. The lowest BCUT2D eigenvalue weighted by Gasteiger charge is -2.35. The van der Waals surface area contributed by atoms with Crippen LogP contribution in [-0.2, 0) is 5.41 Å². The van der Waals surface area contributed by atoms with E-state index in [1.165, 1.54) is 71.3 Å². The number of hydrogen-bond donors (Lipinski definition) is 0. The maximum Gasteiger partial charge on any atom is 0.0714 e. The van der Waals surface area contributed by atoms with Gasteiger partial charge in [0.15, 0.2) is 0 Å². The van der Waals surface area contributed by atoms with Crippen molar-refractivity contribution >= 4 is 66.4 Å². The van der Waals surface area contributed by atoms with Crippen LogP contribution in [0.1, 0.15) is 22.3 Å². The predicted molar refractivity (Wildman–Crippen MR) is 291 cm³/mol. The van der Waals surface area contributed by atoms with Gasteiger partial charge in [-0.05, 0) is 115 Å². The van der Waals surface area contributed by atoms with Crippen molar-refractivity contribution in [3.8, 4) is 22.3 Å². The smallest absolute Gasteiger partial charge is 0.0714 e. The fourth-order valence-corrected chi connectivity index (χ4v) is 11.3. The Kier molecular flexibility index (Phi) is 9.77. The molecule has 13 rings (SSSR count). The fraction of sp³-hybridized carbons (Fsp3) is 0.0149. The van der Waals surface area contributed by atoms with E-state index in [4.69, 9.17) is 0 Å². The van der Waals surface area contributed by atoms with Crippen molar-refractivity contribution in [2.75, 3.05) is 9.80 Å². The Morgan fingerprint density at radius 1 is 0.246 bits per heavy atom. The molecule has 0 saturated heterocycles. The Morgan fingerprint density at radius 2 is 0.696 bits per heavy atom. The van der Waals surface area contributed by atoms with E-state index >= 15 is 0 Å². The van der Waals surface area contributed by atoms with Gasteiger partial charge in [-0.3, -0.25) is 0 Å². The molecule has 1 aliphatic carbocycles. The van der Waals surface area contributed by atoms with E-state index in [0.717, 1.165) is 39.7 Å². The average Bonchev–Trinajstić information content (AvgIpc) is 3.72. The molecule has 2 nitrogen and oxygen atoms in total. The molecule has 0 amide bonds. The second-order valence-electron chi connectivity index (χ2n) is 18.0. The van der Waals surface area contributed by atoms with Crippen LogP contribution in [0, 0.1) is 0 Å². The molecular formula is C67H46N2. The highest BCUT2D eigenvalue weighted by Crippen LogP contribution is 2.57. The van der Waals surface area contributed by atoms with Gasteiger partial charge in [0.25, 0.3) is 0 Å². The molecule has 0 fully saturated rings. The molecule has 0 aliphatic heterocycles. The van der Waals surface area contributed by atoms with E-state index in [1.807, 2.05) is 0 Å². The topological polar surface area (TPSA) is 6.48 Å². The van der Waals surface area contributed by atoms with Gasteiger partial charge in [0.05, 0.1) is 22.5 Å². The van der Waals surface area contributed by atoms with Crippen molar-refractivity contribution in [3.63, 3.8) is 0 Å². The monoisotopic (exact) mass is 878 g/mol. The second kappa shape index (κ2) is 16.7. The van der Waals surface area contributed by atoms with Crippen LogP contribution in [0.25, 0.3) is 54.6 Å². The molecule has 0 saturated carbocycles. The Balaban J connectivity index is 0.977. The van der Waals surface area contributed by atoms with E-state index < -0.39 is 5.41 Å². The summed E-state index contributed by atoms with van der Waals surface area (Å²) in [7, 11) is 0. The van der Waals surface area contributed by atoms with Crippen LogP contribution < -0.4 is 9.80 Å². The Hall–Kier alpha value is -8.98. The molecule has 12 aromatic rings. The van der Waals surface area contributed by atoms with Crippen LogP contribution >= 0.6 is 0 Å². The Bertz CT molecular complexity index is 3790. The molecule has 2 heteroatoms. The number of nitrogens with zero attached hydrogens (tertiary/aromatic N) is 2.